The topological polar surface area (TPSA) is 118 Å². The minimum Gasteiger partial charge on any atom is -0.284 e. The van der Waals surface area contributed by atoms with Gasteiger partial charge in [-0.25, -0.2) is 5.01 Å². The Morgan fingerprint density at radius 1 is 1.22 bits per heavy atom. The molecule has 9 heteroatoms. The molecular weight excluding hydrogens is 244 g/mol. The average molecular weight is 252 g/mol. The molecular formula is C9H8N4O5. The maximum atomic E-state index is 11.7. The number of carbonyl (C=O) groups is 1. The van der Waals surface area contributed by atoms with Gasteiger partial charge in [0.1, 0.15) is 5.56 Å². The summed E-state index contributed by atoms with van der Waals surface area (Å²) in [6.45, 7) is 1.32. The van der Waals surface area contributed by atoms with Crippen LogP contribution in [-0.4, -0.2) is 33.9 Å². The summed E-state index contributed by atoms with van der Waals surface area (Å²) in [5.74, 6) is -0.720. The molecule has 0 spiro atoms. The summed E-state index contributed by atoms with van der Waals surface area (Å²) >= 11 is 0. The minimum atomic E-state index is -0.921. The average Bonchev–Trinajstić information content (AvgIpc) is 3.11. The zero-order valence-electron chi connectivity index (χ0n) is 9.03. The van der Waals surface area contributed by atoms with Crippen LogP contribution in [0.5, 0.6) is 0 Å². The van der Waals surface area contributed by atoms with Gasteiger partial charge in [0.2, 0.25) is 0 Å². The van der Waals surface area contributed by atoms with Crippen molar-refractivity contribution in [2.24, 2.45) is 0 Å². The second-order valence-corrected chi connectivity index (χ2v) is 3.62. The largest absolute Gasteiger partial charge is 0.358 e. The summed E-state index contributed by atoms with van der Waals surface area (Å²) in [5, 5.41) is 23.1. The highest BCUT2D eigenvalue weighted by Crippen LogP contribution is 2.30. The molecule has 1 aromatic carbocycles. The molecule has 2 rings (SSSR count). The Kier molecular flexibility index (Phi) is 2.90. The number of nitrogens with one attached hydrogen (secondary N) is 1. The van der Waals surface area contributed by atoms with Gasteiger partial charge < -0.3 is 0 Å². The van der Waals surface area contributed by atoms with Gasteiger partial charge in [-0.05, 0) is 6.07 Å². The zero-order valence-corrected chi connectivity index (χ0v) is 9.03. The molecule has 0 saturated carbocycles. The summed E-state index contributed by atoms with van der Waals surface area (Å²) in [5.41, 5.74) is 0.595. The molecule has 1 aliphatic heterocycles. The number of para-hydroxylation sites is 1. The van der Waals surface area contributed by atoms with Crippen LogP contribution in [0.25, 0.3) is 0 Å². The lowest BCUT2D eigenvalue weighted by molar-refractivity contribution is -0.422. The molecule has 94 valence electrons. The first-order chi connectivity index (χ1) is 8.50. The number of nitro groups is 2. The van der Waals surface area contributed by atoms with E-state index in [1.165, 1.54) is 17.1 Å². The summed E-state index contributed by atoms with van der Waals surface area (Å²) in [7, 11) is 0. The second-order valence-electron chi connectivity index (χ2n) is 3.62. The summed E-state index contributed by atoms with van der Waals surface area (Å²) in [6, 6.07) is 3.42. The van der Waals surface area contributed by atoms with Crippen molar-refractivity contribution < 1.29 is 14.6 Å². The summed E-state index contributed by atoms with van der Waals surface area (Å²) < 4.78 is 0. The van der Waals surface area contributed by atoms with E-state index in [0.29, 0.717) is 13.1 Å². The second kappa shape index (κ2) is 4.37. The van der Waals surface area contributed by atoms with Gasteiger partial charge in [0.25, 0.3) is 5.91 Å². The van der Waals surface area contributed by atoms with Crippen molar-refractivity contribution in [3.63, 3.8) is 0 Å². The van der Waals surface area contributed by atoms with Crippen molar-refractivity contribution >= 4 is 17.3 Å². The fourth-order valence-electron chi connectivity index (χ4n) is 1.42. The Bertz CT molecular complexity index is 540. The van der Waals surface area contributed by atoms with Crippen LogP contribution >= 0.6 is 0 Å². The van der Waals surface area contributed by atoms with E-state index in [2.05, 4.69) is 5.43 Å². The van der Waals surface area contributed by atoms with Gasteiger partial charge in [-0.15, -0.1) is 0 Å². The Hall–Kier alpha value is -2.55. The van der Waals surface area contributed by atoms with E-state index in [0.717, 1.165) is 6.07 Å². The first kappa shape index (κ1) is 11.9. The van der Waals surface area contributed by atoms with Crippen LogP contribution in [0.4, 0.5) is 11.4 Å². The van der Waals surface area contributed by atoms with Gasteiger partial charge in [0.15, 0.2) is 0 Å². The number of hydrogen-bond acceptors (Lipinski definition) is 6. The summed E-state index contributed by atoms with van der Waals surface area (Å²) in [6.07, 6.45) is 0. The van der Waals surface area contributed by atoms with E-state index in [4.69, 9.17) is 0 Å². The van der Waals surface area contributed by atoms with E-state index >= 15 is 0 Å². The molecule has 1 aliphatic rings. The first-order valence-electron chi connectivity index (χ1n) is 4.98. The molecule has 1 N–H and O–H groups in total. The van der Waals surface area contributed by atoms with Crippen molar-refractivity contribution in [2.75, 3.05) is 13.1 Å². The predicted molar refractivity (Wildman–Crippen MR) is 58.8 cm³/mol. The van der Waals surface area contributed by atoms with Gasteiger partial charge in [0.05, 0.1) is 9.85 Å². The Morgan fingerprint density at radius 3 is 2.39 bits per heavy atom. The van der Waals surface area contributed by atoms with Crippen LogP contribution < -0.4 is 5.43 Å². The number of benzene rings is 1. The quantitative estimate of drug-likeness (QED) is 0.472. The van der Waals surface area contributed by atoms with Gasteiger partial charge in [-0.1, -0.05) is 6.07 Å². The van der Waals surface area contributed by atoms with E-state index in [-0.39, 0.29) is 5.56 Å². The van der Waals surface area contributed by atoms with Crippen LogP contribution in [-0.2, 0) is 0 Å². The van der Waals surface area contributed by atoms with Crippen LogP contribution in [0.15, 0.2) is 18.2 Å². The van der Waals surface area contributed by atoms with Crippen LogP contribution in [0.2, 0.25) is 0 Å². The number of carbonyl (C=O) groups excluding carboxylic acids is 1. The van der Waals surface area contributed by atoms with E-state index in [1.807, 2.05) is 0 Å². The standard InChI is InChI=1S/C9H8N4O5/c14-9(10-11-4-5-11)6-2-1-3-7(12(15)16)8(6)13(17)18/h1-3H,4-5H2,(H,10,14). The monoisotopic (exact) mass is 252 g/mol. The van der Waals surface area contributed by atoms with Crippen LogP contribution in [0.1, 0.15) is 10.4 Å². The SMILES string of the molecule is O=C(NN1CC1)c1cccc([N+](=O)[O-])c1[N+](=O)[O-]. The molecule has 0 bridgehead atoms. The maximum absolute atomic E-state index is 11.7. The summed E-state index contributed by atoms with van der Waals surface area (Å²) in [4.78, 5) is 31.5. The fraction of sp³-hybridized carbons (Fsp3) is 0.222. The van der Waals surface area contributed by atoms with Gasteiger partial charge in [0, 0.05) is 19.2 Å². The van der Waals surface area contributed by atoms with Crippen molar-refractivity contribution in [3.8, 4) is 0 Å². The van der Waals surface area contributed by atoms with Crippen LogP contribution in [0, 0.1) is 20.2 Å². The molecule has 1 amide bonds. The molecule has 0 aromatic heterocycles. The number of nitrogens with zero attached hydrogens (tertiary/aromatic N) is 3. The lowest BCUT2D eigenvalue weighted by atomic mass is 10.1. The molecule has 9 nitrogen and oxygen atoms in total. The molecule has 1 fully saturated rings. The van der Waals surface area contributed by atoms with E-state index in [9.17, 15) is 25.0 Å². The van der Waals surface area contributed by atoms with Gasteiger partial charge >= 0.3 is 11.4 Å². The number of hydrazine groups is 1. The van der Waals surface area contributed by atoms with E-state index < -0.39 is 27.1 Å². The van der Waals surface area contributed by atoms with Crippen molar-refractivity contribution in [2.45, 2.75) is 0 Å². The highest BCUT2D eigenvalue weighted by atomic mass is 16.6. The number of hydrogen-bond donors (Lipinski definition) is 1. The normalized spacial score (nSPS) is 14.0. The third kappa shape index (κ3) is 2.25. The number of rotatable bonds is 4. The van der Waals surface area contributed by atoms with Crippen molar-refractivity contribution in [3.05, 3.63) is 44.0 Å². The molecule has 0 aliphatic carbocycles. The molecule has 1 saturated heterocycles. The molecule has 1 aromatic rings. The van der Waals surface area contributed by atoms with E-state index in [1.54, 1.807) is 0 Å². The zero-order chi connectivity index (χ0) is 13.3. The smallest absolute Gasteiger partial charge is 0.284 e. The fourth-order valence-corrected chi connectivity index (χ4v) is 1.42. The Morgan fingerprint density at radius 2 is 1.89 bits per heavy atom. The third-order valence-corrected chi connectivity index (χ3v) is 2.35. The maximum Gasteiger partial charge on any atom is 0.358 e. The highest BCUT2D eigenvalue weighted by Gasteiger charge is 2.32. The van der Waals surface area contributed by atoms with Gasteiger partial charge in [-0.3, -0.25) is 30.4 Å². The third-order valence-electron chi connectivity index (χ3n) is 2.35. The van der Waals surface area contributed by atoms with Crippen molar-refractivity contribution in [1.82, 2.24) is 10.4 Å². The van der Waals surface area contributed by atoms with Gasteiger partial charge in [-0.2, -0.15) is 0 Å². The molecule has 18 heavy (non-hydrogen) atoms. The minimum absolute atomic E-state index is 0.318. The number of nitro benzene ring substituents is 2. The Balaban J connectivity index is 2.44. The highest BCUT2D eigenvalue weighted by molar-refractivity contribution is 5.99. The molecule has 1 heterocycles. The first-order valence-corrected chi connectivity index (χ1v) is 4.98. The molecule has 0 unspecified atom stereocenters. The Labute approximate surface area is 100 Å². The number of amides is 1. The predicted octanol–water partition coefficient (Wildman–Crippen LogP) is 0.463. The van der Waals surface area contributed by atoms with Crippen LogP contribution in [0.3, 0.4) is 0 Å². The molecule has 0 atom stereocenters. The lowest BCUT2D eigenvalue weighted by Gasteiger charge is -2.05. The van der Waals surface area contributed by atoms with Crippen molar-refractivity contribution in [1.29, 1.82) is 0 Å². The lowest BCUT2D eigenvalue weighted by Crippen LogP contribution is -2.29. The molecule has 0 radical (unpaired) electrons.